The summed E-state index contributed by atoms with van der Waals surface area (Å²) in [6.45, 7) is 3.48. The molecule has 2 aromatic heterocycles. The first-order valence-electron chi connectivity index (χ1n) is 8.21. The van der Waals surface area contributed by atoms with Crippen LogP contribution in [0, 0.1) is 0 Å². The Morgan fingerprint density at radius 2 is 2.35 bits per heavy atom. The van der Waals surface area contributed by atoms with E-state index in [0.717, 1.165) is 5.39 Å². The Bertz CT molecular complexity index is 910. The molecule has 26 heavy (non-hydrogen) atoms. The zero-order chi connectivity index (χ0) is 18.7. The van der Waals surface area contributed by atoms with Crippen LogP contribution in [-0.4, -0.2) is 46.1 Å². The van der Waals surface area contributed by atoms with Crippen LogP contribution >= 0.6 is 0 Å². The van der Waals surface area contributed by atoms with Gasteiger partial charge in [0.15, 0.2) is 11.3 Å². The van der Waals surface area contributed by atoms with Gasteiger partial charge in [0.2, 0.25) is 11.7 Å². The topological polar surface area (TPSA) is 114 Å². The molecule has 2 aromatic rings. The summed E-state index contributed by atoms with van der Waals surface area (Å²) < 4.78 is 10.5. The molecule has 0 aliphatic carbocycles. The summed E-state index contributed by atoms with van der Waals surface area (Å²) >= 11 is 0. The first-order chi connectivity index (χ1) is 12.5. The number of hydrogen-bond acceptors (Lipinski definition) is 7. The van der Waals surface area contributed by atoms with Gasteiger partial charge in [0, 0.05) is 29.9 Å². The Labute approximate surface area is 149 Å². The number of nitrogens with one attached hydrogen (secondary N) is 2. The number of hydrogen-bond donors (Lipinski definition) is 3. The summed E-state index contributed by atoms with van der Waals surface area (Å²) in [5.41, 5.74) is 1.17. The van der Waals surface area contributed by atoms with E-state index in [2.05, 4.69) is 15.3 Å². The molecule has 0 amide bonds. The maximum atomic E-state index is 12.7. The fourth-order valence-corrected chi connectivity index (χ4v) is 2.52. The van der Waals surface area contributed by atoms with Gasteiger partial charge in [-0.1, -0.05) is 0 Å². The largest absolute Gasteiger partial charge is 0.462 e. The van der Waals surface area contributed by atoms with Crippen molar-refractivity contribution in [2.24, 2.45) is 0 Å². The van der Waals surface area contributed by atoms with Crippen molar-refractivity contribution in [2.45, 2.75) is 20.0 Å². The highest BCUT2D eigenvalue weighted by Gasteiger charge is 2.37. The summed E-state index contributed by atoms with van der Waals surface area (Å²) in [5, 5.41) is 13.0. The number of aliphatic hydroxyl groups excluding tert-OH is 1. The predicted octanol–water partition coefficient (Wildman–Crippen LogP) is 1.25. The number of aliphatic hydroxyl groups is 1. The molecule has 1 aliphatic rings. The van der Waals surface area contributed by atoms with Gasteiger partial charge >= 0.3 is 5.97 Å². The number of esters is 1. The van der Waals surface area contributed by atoms with Crippen molar-refractivity contribution in [2.75, 3.05) is 13.2 Å². The predicted molar refractivity (Wildman–Crippen MR) is 93.5 cm³/mol. The average molecular weight is 357 g/mol. The molecule has 1 aliphatic heterocycles. The van der Waals surface area contributed by atoms with Crippen LogP contribution in [0.2, 0.25) is 0 Å². The number of aromatic amines is 1. The van der Waals surface area contributed by atoms with Gasteiger partial charge in [-0.05, 0) is 32.1 Å². The van der Waals surface area contributed by atoms with Gasteiger partial charge in [-0.2, -0.15) is 0 Å². The summed E-state index contributed by atoms with van der Waals surface area (Å²) in [6, 6.07) is 3.64. The first kappa shape index (κ1) is 17.7. The van der Waals surface area contributed by atoms with E-state index in [1.165, 1.54) is 0 Å². The zero-order valence-electron chi connectivity index (χ0n) is 14.4. The van der Waals surface area contributed by atoms with Crippen LogP contribution in [-0.2, 0) is 19.1 Å². The summed E-state index contributed by atoms with van der Waals surface area (Å²) in [7, 11) is 0. The zero-order valence-corrected chi connectivity index (χ0v) is 14.4. The Balaban J connectivity index is 1.93. The van der Waals surface area contributed by atoms with Crippen molar-refractivity contribution in [1.82, 2.24) is 15.3 Å². The molecular weight excluding hydrogens is 338 g/mol. The standard InChI is InChI=1S/C18H19N3O5/c1-3-25-18(24)14-15(23)13(26-17(14)21-8-10(2)22)7-11-9-20-16-12(11)5-4-6-19-16/h4-7,9-10,21-22H,3,8H2,1-2H3,(H,19,20)/b13-7-. The lowest BCUT2D eigenvalue weighted by Crippen LogP contribution is -2.26. The number of ether oxygens (including phenoxy) is 2. The van der Waals surface area contributed by atoms with Gasteiger partial charge in [-0.25, -0.2) is 9.78 Å². The van der Waals surface area contributed by atoms with E-state index in [-0.39, 0.29) is 30.4 Å². The van der Waals surface area contributed by atoms with Crippen LogP contribution < -0.4 is 5.32 Å². The second kappa shape index (κ2) is 7.40. The number of H-pyrrole nitrogens is 1. The number of nitrogens with zero attached hydrogens (tertiary/aromatic N) is 1. The Morgan fingerprint density at radius 3 is 3.08 bits per heavy atom. The molecule has 8 nitrogen and oxygen atoms in total. The minimum absolute atomic E-state index is 0.00843. The molecule has 0 fully saturated rings. The van der Waals surface area contributed by atoms with E-state index in [4.69, 9.17) is 9.47 Å². The Hall–Kier alpha value is -3.13. The third-order valence-corrected chi connectivity index (χ3v) is 3.70. The molecule has 0 saturated carbocycles. The van der Waals surface area contributed by atoms with Gasteiger partial charge < -0.3 is 24.9 Å². The van der Waals surface area contributed by atoms with Crippen LogP contribution in [0.15, 0.2) is 41.7 Å². The van der Waals surface area contributed by atoms with Crippen molar-refractivity contribution in [3.05, 3.63) is 47.3 Å². The van der Waals surface area contributed by atoms with Gasteiger partial charge in [-0.3, -0.25) is 4.79 Å². The fraction of sp³-hybridized carbons (Fsp3) is 0.278. The molecule has 0 radical (unpaired) electrons. The molecule has 136 valence electrons. The van der Waals surface area contributed by atoms with Crippen molar-refractivity contribution < 1.29 is 24.2 Å². The first-order valence-corrected chi connectivity index (χ1v) is 8.21. The highest BCUT2D eigenvalue weighted by Crippen LogP contribution is 2.28. The number of carbonyl (C=O) groups is 2. The monoisotopic (exact) mass is 357 g/mol. The van der Waals surface area contributed by atoms with E-state index in [1.807, 2.05) is 6.07 Å². The normalized spacial score (nSPS) is 16.9. The van der Waals surface area contributed by atoms with Gasteiger partial charge in [-0.15, -0.1) is 0 Å². The van der Waals surface area contributed by atoms with Crippen LogP contribution in [0.4, 0.5) is 0 Å². The SMILES string of the molecule is CCOC(=O)C1=C(NCC(C)O)O/C(=C\c2c[nH]c3ncccc23)C1=O. The molecular formula is C18H19N3O5. The van der Waals surface area contributed by atoms with E-state index in [9.17, 15) is 14.7 Å². The number of ketones is 1. The molecule has 3 heterocycles. The molecule has 1 unspecified atom stereocenters. The second-order valence-electron chi connectivity index (χ2n) is 5.74. The summed E-state index contributed by atoms with van der Waals surface area (Å²) in [4.78, 5) is 32.0. The Morgan fingerprint density at radius 1 is 1.54 bits per heavy atom. The smallest absolute Gasteiger partial charge is 0.347 e. The van der Waals surface area contributed by atoms with Crippen LogP contribution in [0.3, 0.4) is 0 Å². The lowest BCUT2D eigenvalue weighted by Gasteiger charge is -2.10. The van der Waals surface area contributed by atoms with Crippen molar-refractivity contribution in [1.29, 1.82) is 0 Å². The molecule has 3 N–H and O–H groups in total. The number of aromatic nitrogens is 2. The van der Waals surface area contributed by atoms with E-state index in [1.54, 1.807) is 38.4 Å². The van der Waals surface area contributed by atoms with E-state index >= 15 is 0 Å². The third kappa shape index (κ3) is 3.45. The van der Waals surface area contributed by atoms with E-state index < -0.39 is 17.9 Å². The molecule has 0 spiro atoms. The molecule has 0 aromatic carbocycles. The fourth-order valence-electron chi connectivity index (χ4n) is 2.52. The van der Waals surface area contributed by atoms with Gasteiger partial charge in [0.1, 0.15) is 5.65 Å². The van der Waals surface area contributed by atoms with Crippen LogP contribution in [0.1, 0.15) is 19.4 Å². The second-order valence-corrected chi connectivity index (χ2v) is 5.74. The molecule has 3 rings (SSSR count). The Kier molecular flexibility index (Phi) is 5.04. The number of allylic oxidation sites excluding steroid dienone is 1. The maximum absolute atomic E-state index is 12.7. The highest BCUT2D eigenvalue weighted by atomic mass is 16.5. The highest BCUT2D eigenvalue weighted by molar-refractivity contribution is 6.26. The van der Waals surface area contributed by atoms with Crippen LogP contribution in [0.25, 0.3) is 17.1 Å². The van der Waals surface area contributed by atoms with Gasteiger partial charge in [0.25, 0.3) is 0 Å². The number of fused-ring (bicyclic) bond motifs is 1. The minimum atomic E-state index is -0.769. The third-order valence-electron chi connectivity index (χ3n) is 3.70. The lowest BCUT2D eigenvalue weighted by molar-refractivity contribution is -0.139. The molecule has 1 atom stereocenters. The molecule has 8 heteroatoms. The van der Waals surface area contributed by atoms with Crippen LogP contribution in [0.5, 0.6) is 0 Å². The summed E-state index contributed by atoms with van der Waals surface area (Å²) in [5.74, 6) is -1.37. The van der Waals surface area contributed by atoms with Crippen molar-refractivity contribution >= 4 is 28.9 Å². The minimum Gasteiger partial charge on any atom is -0.462 e. The molecule has 0 saturated heterocycles. The van der Waals surface area contributed by atoms with E-state index in [0.29, 0.717) is 11.2 Å². The van der Waals surface area contributed by atoms with Crippen molar-refractivity contribution in [3.63, 3.8) is 0 Å². The number of pyridine rings is 1. The average Bonchev–Trinajstić information content (AvgIpc) is 3.15. The van der Waals surface area contributed by atoms with Crippen molar-refractivity contribution in [3.8, 4) is 0 Å². The quantitative estimate of drug-likeness (QED) is 0.405. The number of Topliss-reactive ketones (excluding diaryl/α,β-unsaturated/α-hetero) is 1. The van der Waals surface area contributed by atoms with Gasteiger partial charge in [0.05, 0.1) is 12.7 Å². The maximum Gasteiger partial charge on any atom is 0.347 e. The molecule has 0 bridgehead atoms. The summed E-state index contributed by atoms with van der Waals surface area (Å²) in [6.07, 6.45) is 4.22. The number of carbonyl (C=O) groups excluding carboxylic acids is 2. The number of rotatable bonds is 6. The lowest BCUT2D eigenvalue weighted by atomic mass is 10.1.